The van der Waals surface area contributed by atoms with E-state index in [1.807, 2.05) is 0 Å². The Kier molecular flexibility index (Phi) is 11.4. The SMILES string of the molecule is CCC[C@H]1CC[C@@H]2[C@H](C)[C@H]([C@@H](O)[C@](C)(O)[C@@H]3CC[C@]4(O)C5=CC(=O)[C@@H]6C[C@@H](O)[C@@H](O)C[C@@]67C[C@@H](C6CCC(N)[NH2+]C6CCCO)C=C[C@@H](C[C@]34C)[C@@H]57)O[C@@H]2CC1. The minimum absolute atomic E-state index is 0.00797. The first-order chi connectivity index (χ1) is 26.6. The zero-order chi connectivity index (χ0) is 39.9. The van der Waals surface area contributed by atoms with Crippen molar-refractivity contribution in [1.29, 1.82) is 0 Å². The van der Waals surface area contributed by atoms with Crippen LogP contribution in [0.1, 0.15) is 130 Å². The van der Waals surface area contributed by atoms with Gasteiger partial charge in [0.15, 0.2) is 5.78 Å². The van der Waals surface area contributed by atoms with Crippen molar-refractivity contribution >= 4 is 5.78 Å². The van der Waals surface area contributed by atoms with Crippen LogP contribution in [0.15, 0.2) is 23.8 Å². The van der Waals surface area contributed by atoms with Gasteiger partial charge in [-0.3, -0.25) is 10.5 Å². The lowest BCUT2D eigenvalue weighted by molar-refractivity contribution is -0.738. The standard InChI is InChI=1S/C46H74N2O8/c1-5-7-26-9-13-29-25(2)41(56-37(29)15-10-26)42(53)44(4,54)38-17-18-46(55)32-21-34(50)31-20-35(51)36(52)24-45(31)23-27(11-12-28(40(32)45)22-43(38,46)3)30-14-16-39(47)48-33(30)8-6-19-49/h11-12,21,25-31,33,35-42,48-49,51-55H,5-10,13-20,22-24,47H2,1-4H3/p+1/t25-,26-,27-,28-,29+,30?,31-,33?,35+,36-,37+,38+,39?,40-,41+,42+,43+,44+,45-,46-/m0/s1. The summed E-state index contributed by atoms with van der Waals surface area (Å²) in [5.74, 6) is 0.283. The van der Waals surface area contributed by atoms with Crippen molar-refractivity contribution in [2.45, 2.75) is 184 Å². The predicted octanol–water partition coefficient (Wildman–Crippen LogP) is 3.49. The molecular formula is C46H75N2O8+. The highest BCUT2D eigenvalue weighted by Crippen LogP contribution is 2.72. The number of carbonyl (C=O) groups excluding carboxylic acids is 1. The van der Waals surface area contributed by atoms with Gasteiger partial charge in [0.25, 0.3) is 0 Å². The van der Waals surface area contributed by atoms with E-state index < -0.39 is 58.3 Å². The highest BCUT2D eigenvalue weighted by molar-refractivity contribution is 5.95. The summed E-state index contributed by atoms with van der Waals surface area (Å²) in [7, 11) is 0. The molecule has 2 aliphatic heterocycles. The molecule has 0 aromatic heterocycles. The third-order valence-corrected chi connectivity index (χ3v) is 18.3. The highest BCUT2D eigenvalue weighted by atomic mass is 16.5. The number of ketones is 1. The minimum atomic E-state index is -1.56. The second-order valence-electron chi connectivity index (χ2n) is 21.1. The fourth-order valence-electron chi connectivity index (χ4n) is 15.6. The number of allylic oxidation sites excluding steroid dienone is 3. The molecule has 8 aliphatic rings. The third-order valence-electron chi connectivity index (χ3n) is 18.3. The van der Waals surface area contributed by atoms with Gasteiger partial charge in [0.1, 0.15) is 12.3 Å². The number of hydrogen-bond acceptors (Lipinski definition) is 9. The van der Waals surface area contributed by atoms with Crippen LogP contribution in [0.25, 0.3) is 0 Å². The van der Waals surface area contributed by atoms with E-state index in [9.17, 15) is 35.4 Å². The van der Waals surface area contributed by atoms with Gasteiger partial charge in [-0.25, -0.2) is 0 Å². The summed E-state index contributed by atoms with van der Waals surface area (Å²) in [6.45, 7) is 8.42. The molecule has 6 fully saturated rings. The molecule has 8 rings (SSSR count). The van der Waals surface area contributed by atoms with E-state index in [4.69, 9.17) is 10.5 Å². The molecule has 2 heterocycles. The summed E-state index contributed by atoms with van der Waals surface area (Å²) < 4.78 is 6.75. The minimum Gasteiger partial charge on any atom is -0.396 e. The van der Waals surface area contributed by atoms with Gasteiger partial charge in [-0.15, -0.1) is 0 Å². The van der Waals surface area contributed by atoms with Gasteiger partial charge < -0.3 is 40.7 Å². The molecule has 6 aliphatic carbocycles. The summed E-state index contributed by atoms with van der Waals surface area (Å²) in [6, 6.07) is 0.220. The largest absolute Gasteiger partial charge is 0.396 e. The molecule has 10 nitrogen and oxygen atoms in total. The van der Waals surface area contributed by atoms with E-state index >= 15 is 0 Å². The van der Waals surface area contributed by atoms with Crippen molar-refractivity contribution in [3.8, 4) is 0 Å². The number of fused-ring (bicyclic) bond motifs is 3. The smallest absolute Gasteiger partial charge is 0.159 e. The molecule has 4 saturated carbocycles. The van der Waals surface area contributed by atoms with E-state index in [0.29, 0.717) is 44.4 Å². The van der Waals surface area contributed by atoms with Gasteiger partial charge in [0.05, 0.1) is 41.7 Å². The van der Waals surface area contributed by atoms with Crippen molar-refractivity contribution in [2.75, 3.05) is 6.61 Å². The van der Waals surface area contributed by atoms with Crippen LogP contribution in [0, 0.1) is 64.1 Å². The van der Waals surface area contributed by atoms with E-state index in [1.165, 1.54) is 19.3 Å². The van der Waals surface area contributed by atoms with Crippen molar-refractivity contribution in [1.82, 2.24) is 0 Å². The number of ether oxygens (including phenoxy) is 1. The maximum absolute atomic E-state index is 14.6. The molecule has 10 N–H and O–H groups in total. The van der Waals surface area contributed by atoms with Gasteiger partial charge in [0, 0.05) is 36.7 Å². The Labute approximate surface area is 335 Å². The number of rotatable bonds is 9. The Morgan fingerprint density at radius 3 is 2.48 bits per heavy atom. The molecule has 20 atom stereocenters. The maximum atomic E-state index is 14.6. The van der Waals surface area contributed by atoms with Crippen molar-refractivity contribution < 1.29 is 45.5 Å². The van der Waals surface area contributed by atoms with Crippen LogP contribution in [0.5, 0.6) is 0 Å². The molecule has 0 radical (unpaired) electrons. The van der Waals surface area contributed by atoms with E-state index in [2.05, 4.69) is 38.2 Å². The van der Waals surface area contributed by atoms with Crippen LogP contribution in [0.3, 0.4) is 0 Å². The molecule has 0 aromatic rings. The fourth-order valence-corrected chi connectivity index (χ4v) is 15.6. The van der Waals surface area contributed by atoms with Gasteiger partial charge in [-0.05, 0) is 136 Å². The zero-order valence-corrected chi connectivity index (χ0v) is 34.6. The highest BCUT2D eigenvalue weighted by Gasteiger charge is 2.72. The molecule has 2 saturated heterocycles. The van der Waals surface area contributed by atoms with E-state index in [-0.39, 0.29) is 66.7 Å². The first-order valence-electron chi connectivity index (χ1n) is 22.9. The average molecular weight is 784 g/mol. The molecular weight excluding hydrogens is 709 g/mol. The predicted molar refractivity (Wildman–Crippen MR) is 212 cm³/mol. The second-order valence-corrected chi connectivity index (χ2v) is 21.1. The Bertz CT molecular complexity index is 1520. The summed E-state index contributed by atoms with van der Waals surface area (Å²) in [5.41, 5.74) is 2.76. The molecule has 1 spiro atoms. The molecule has 316 valence electrons. The van der Waals surface area contributed by atoms with Crippen LogP contribution in [-0.4, -0.2) is 97.0 Å². The number of piperidine rings is 1. The van der Waals surface area contributed by atoms with Crippen LogP contribution in [0.2, 0.25) is 0 Å². The average Bonchev–Trinajstić information content (AvgIpc) is 3.45. The van der Waals surface area contributed by atoms with Gasteiger partial charge >= 0.3 is 0 Å². The second kappa shape index (κ2) is 15.4. The van der Waals surface area contributed by atoms with Crippen LogP contribution in [0.4, 0.5) is 0 Å². The number of aliphatic hydroxyl groups is 6. The first kappa shape index (κ1) is 41.5. The Hall–Kier alpha value is -1.21. The Morgan fingerprint density at radius 2 is 1.73 bits per heavy atom. The monoisotopic (exact) mass is 784 g/mol. The maximum Gasteiger partial charge on any atom is 0.159 e. The quantitative estimate of drug-likeness (QED) is 0.162. The van der Waals surface area contributed by atoms with Crippen LogP contribution in [-0.2, 0) is 9.53 Å². The Balaban J connectivity index is 1.13. The number of aliphatic hydroxyl groups excluding tert-OH is 4. The van der Waals surface area contributed by atoms with Crippen molar-refractivity contribution in [3.63, 3.8) is 0 Å². The van der Waals surface area contributed by atoms with Crippen molar-refractivity contribution in [3.05, 3.63) is 23.8 Å². The fraction of sp³-hybridized carbons (Fsp3) is 0.891. The van der Waals surface area contributed by atoms with Gasteiger partial charge in [-0.2, -0.15) is 0 Å². The molecule has 56 heavy (non-hydrogen) atoms. The number of hydrogen-bond donors (Lipinski definition) is 8. The summed E-state index contributed by atoms with van der Waals surface area (Å²) in [5, 5.41) is 72.9. The zero-order valence-electron chi connectivity index (χ0n) is 34.6. The Morgan fingerprint density at radius 1 is 1.00 bits per heavy atom. The number of nitrogens with two attached hydrogens (primary N) is 2. The van der Waals surface area contributed by atoms with Crippen LogP contribution < -0.4 is 11.1 Å². The molecule has 3 unspecified atom stereocenters. The van der Waals surface area contributed by atoms with E-state index in [0.717, 1.165) is 50.0 Å². The normalized spacial score (nSPS) is 51.7. The lowest BCUT2D eigenvalue weighted by Gasteiger charge is -2.63. The molecule has 0 bridgehead atoms. The summed E-state index contributed by atoms with van der Waals surface area (Å²) >= 11 is 0. The number of quaternary nitrogens is 1. The summed E-state index contributed by atoms with van der Waals surface area (Å²) in [4.78, 5) is 14.6. The molecule has 10 heteroatoms. The van der Waals surface area contributed by atoms with Gasteiger partial charge in [0.2, 0.25) is 0 Å². The lowest BCUT2D eigenvalue weighted by Crippen LogP contribution is -3.00. The third kappa shape index (κ3) is 6.48. The lowest BCUT2D eigenvalue weighted by atomic mass is 9.42. The van der Waals surface area contributed by atoms with E-state index in [1.54, 1.807) is 13.0 Å². The number of carbonyl (C=O) groups is 1. The topological polar surface area (TPSA) is 190 Å². The molecule has 0 aromatic carbocycles. The summed E-state index contributed by atoms with van der Waals surface area (Å²) in [6.07, 6.45) is 15.8. The first-order valence-corrected chi connectivity index (χ1v) is 22.9. The molecule has 0 amide bonds. The van der Waals surface area contributed by atoms with Crippen LogP contribution >= 0.6 is 0 Å². The van der Waals surface area contributed by atoms with Gasteiger partial charge in [-0.1, -0.05) is 52.2 Å². The van der Waals surface area contributed by atoms with Crippen molar-refractivity contribution in [2.24, 2.45) is 69.8 Å².